The number of ether oxygens (including phenoxy) is 2. The number of rotatable bonds is 4. The molecule has 0 atom stereocenters. The average molecular weight is 277 g/mol. The topological polar surface area (TPSA) is 81.7 Å². The Kier molecular flexibility index (Phi) is 5.46. The predicted octanol–water partition coefficient (Wildman–Crippen LogP) is 1.77. The minimum absolute atomic E-state index is 0.151. The Hall–Kier alpha value is -2.63. The van der Waals surface area contributed by atoms with E-state index >= 15 is 0 Å². The first kappa shape index (κ1) is 15.4. The van der Waals surface area contributed by atoms with E-state index in [1.807, 2.05) is 0 Å². The highest BCUT2D eigenvalue weighted by Crippen LogP contribution is 2.19. The highest BCUT2D eigenvalue weighted by atomic mass is 16.5. The Balaban J connectivity index is 3.22. The van der Waals surface area contributed by atoms with Crippen LogP contribution in [0.3, 0.4) is 0 Å². The van der Waals surface area contributed by atoms with Gasteiger partial charge in [0.05, 0.1) is 31.0 Å². The quantitative estimate of drug-likeness (QED) is 0.670. The Bertz CT molecular complexity index is 563. The van der Waals surface area contributed by atoms with Crippen LogP contribution in [0.2, 0.25) is 0 Å². The van der Waals surface area contributed by atoms with Crippen molar-refractivity contribution in [2.75, 3.05) is 19.5 Å². The minimum Gasteiger partial charge on any atom is -0.465 e. The van der Waals surface area contributed by atoms with Crippen LogP contribution in [0.25, 0.3) is 0 Å². The summed E-state index contributed by atoms with van der Waals surface area (Å²) in [4.78, 5) is 34.6. The van der Waals surface area contributed by atoms with E-state index in [1.165, 1.54) is 38.5 Å². The van der Waals surface area contributed by atoms with Gasteiger partial charge in [0.2, 0.25) is 5.91 Å². The molecule has 0 aliphatic rings. The van der Waals surface area contributed by atoms with Crippen molar-refractivity contribution in [3.05, 3.63) is 41.5 Å². The number of benzene rings is 1. The summed E-state index contributed by atoms with van der Waals surface area (Å²) in [6.07, 6.45) is 2.85. The standard InChI is InChI=1S/C14H15NO5/c1-4-5-12(16)15-11-8-9(13(17)19-2)6-7-10(11)14(18)20-3/h4-8H,1-3H3,(H,15,16)/b5-4+. The first-order valence-electron chi connectivity index (χ1n) is 5.77. The Morgan fingerprint density at radius 2 is 1.75 bits per heavy atom. The molecular weight excluding hydrogens is 262 g/mol. The van der Waals surface area contributed by atoms with E-state index in [9.17, 15) is 14.4 Å². The van der Waals surface area contributed by atoms with Crippen molar-refractivity contribution < 1.29 is 23.9 Å². The molecule has 0 unspecified atom stereocenters. The van der Waals surface area contributed by atoms with Crippen LogP contribution in [0.1, 0.15) is 27.6 Å². The van der Waals surface area contributed by atoms with Gasteiger partial charge >= 0.3 is 11.9 Å². The summed E-state index contributed by atoms with van der Waals surface area (Å²) >= 11 is 0. The zero-order valence-electron chi connectivity index (χ0n) is 11.4. The maximum absolute atomic E-state index is 11.6. The van der Waals surface area contributed by atoms with Crippen molar-refractivity contribution in [1.82, 2.24) is 0 Å². The Morgan fingerprint density at radius 3 is 2.30 bits per heavy atom. The molecule has 0 aliphatic heterocycles. The van der Waals surface area contributed by atoms with Crippen LogP contribution >= 0.6 is 0 Å². The summed E-state index contributed by atoms with van der Waals surface area (Å²) in [5.41, 5.74) is 0.553. The monoisotopic (exact) mass is 277 g/mol. The number of amides is 1. The van der Waals surface area contributed by atoms with E-state index in [4.69, 9.17) is 0 Å². The molecule has 0 aromatic heterocycles. The molecule has 1 aromatic carbocycles. The number of anilines is 1. The lowest BCUT2D eigenvalue weighted by Crippen LogP contribution is -2.14. The third-order valence-corrected chi connectivity index (χ3v) is 2.42. The van der Waals surface area contributed by atoms with E-state index in [0.29, 0.717) is 0 Å². The Morgan fingerprint density at radius 1 is 1.10 bits per heavy atom. The molecule has 0 radical (unpaired) electrons. The zero-order valence-corrected chi connectivity index (χ0v) is 11.4. The predicted molar refractivity (Wildman–Crippen MR) is 72.6 cm³/mol. The molecule has 0 fully saturated rings. The van der Waals surface area contributed by atoms with Gasteiger partial charge in [-0.05, 0) is 31.2 Å². The van der Waals surface area contributed by atoms with Gasteiger partial charge in [0.25, 0.3) is 0 Å². The normalized spacial score (nSPS) is 10.2. The van der Waals surface area contributed by atoms with Crippen LogP contribution < -0.4 is 5.32 Å². The number of hydrogen-bond acceptors (Lipinski definition) is 5. The van der Waals surface area contributed by atoms with Gasteiger partial charge < -0.3 is 14.8 Å². The SMILES string of the molecule is C/C=C/C(=O)Nc1cc(C(=O)OC)ccc1C(=O)OC. The number of hydrogen-bond donors (Lipinski definition) is 1. The second-order valence-corrected chi connectivity index (χ2v) is 3.73. The van der Waals surface area contributed by atoms with Crippen LogP contribution in [0.15, 0.2) is 30.4 Å². The molecule has 1 amide bonds. The van der Waals surface area contributed by atoms with E-state index in [2.05, 4.69) is 14.8 Å². The molecule has 106 valence electrons. The highest BCUT2D eigenvalue weighted by Gasteiger charge is 2.16. The van der Waals surface area contributed by atoms with Gasteiger partial charge in [-0.2, -0.15) is 0 Å². The number of carbonyl (C=O) groups excluding carboxylic acids is 3. The molecule has 1 N–H and O–H groups in total. The maximum atomic E-state index is 11.6. The fourth-order valence-electron chi connectivity index (χ4n) is 1.51. The van der Waals surface area contributed by atoms with Crippen LogP contribution in [-0.2, 0) is 14.3 Å². The molecule has 0 saturated heterocycles. The highest BCUT2D eigenvalue weighted by molar-refractivity contribution is 6.06. The average Bonchev–Trinajstić information content (AvgIpc) is 2.45. The summed E-state index contributed by atoms with van der Waals surface area (Å²) in [6, 6.07) is 4.17. The second-order valence-electron chi connectivity index (χ2n) is 3.73. The van der Waals surface area contributed by atoms with Gasteiger partial charge in [0.1, 0.15) is 0 Å². The van der Waals surface area contributed by atoms with Gasteiger partial charge in [-0.25, -0.2) is 9.59 Å². The van der Waals surface area contributed by atoms with Gasteiger partial charge in [0, 0.05) is 0 Å². The van der Waals surface area contributed by atoms with Crippen molar-refractivity contribution in [2.45, 2.75) is 6.92 Å². The van der Waals surface area contributed by atoms with E-state index in [1.54, 1.807) is 13.0 Å². The summed E-state index contributed by atoms with van der Waals surface area (Å²) < 4.78 is 9.21. The number of carbonyl (C=O) groups is 3. The van der Waals surface area contributed by atoms with Crippen LogP contribution in [0.5, 0.6) is 0 Å². The van der Waals surface area contributed by atoms with E-state index in [0.717, 1.165) is 0 Å². The zero-order chi connectivity index (χ0) is 15.1. The fraction of sp³-hybridized carbons (Fsp3) is 0.214. The van der Waals surface area contributed by atoms with Crippen molar-refractivity contribution in [3.63, 3.8) is 0 Å². The summed E-state index contributed by atoms with van der Waals surface area (Å²) in [5, 5.41) is 2.51. The lowest BCUT2D eigenvalue weighted by molar-refractivity contribution is -0.111. The summed E-state index contributed by atoms with van der Waals surface area (Å²) in [6.45, 7) is 1.69. The largest absolute Gasteiger partial charge is 0.465 e. The first-order chi connectivity index (χ1) is 9.53. The molecular formula is C14H15NO5. The van der Waals surface area contributed by atoms with Crippen molar-refractivity contribution >= 4 is 23.5 Å². The van der Waals surface area contributed by atoms with Crippen LogP contribution in [0.4, 0.5) is 5.69 Å². The molecule has 0 saturated carbocycles. The molecule has 6 nitrogen and oxygen atoms in total. The lowest BCUT2D eigenvalue weighted by atomic mass is 10.1. The molecule has 1 aromatic rings. The van der Waals surface area contributed by atoms with Crippen molar-refractivity contribution in [2.24, 2.45) is 0 Å². The van der Waals surface area contributed by atoms with Crippen LogP contribution in [0, 0.1) is 0 Å². The Labute approximate surface area is 116 Å². The lowest BCUT2D eigenvalue weighted by Gasteiger charge is -2.10. The number of esters is 2. The molecule has 20 heavy (non-hydrogen) atoms. The van der Waals surface area contributed by atoms with Crippen molar-refractivity contribution in [3.8, 4) is 0 Å². The molecule has 6 heteroatoms. The fourth-order valence-corrected chi connectivity index (χ4v) is 1.51. The van der Waals surface area contributed by atoms with Crippen molar-refractivity contribution in [1.29, 1.82) is 0 Å². The van der Waals surface area contributed by atoms with Crippen LogP contribution in [-0.4, -0.2) is 32.1 Å². The number of methoxy groups -OCH3 is 2. The third kappa shape index (κ3) is 3.68. The van der Waals surface area contributed by atoms with Gasteiger partial charge in [-0.3, -0.25) is 4.79 Å². The first-order valence-corrected chi connectivity index (χ1v) is 5.77. The molecule has 0 heterocycles. The molecule has 0 aliphatic carbocycles. The van der Waals surface area contributed by atoms with E-state index in [-0.39, 0.29) is 16.8 Å². The maximum Gasteiger partial charge on any atom is 0.339 e. The molecule has 0 spiro atoms. The summed E-state index contributed by atoms with van der Waals surface area (Å²) in [7, 11) is 2.47. The van der Waals surface area contributed by atoms with Gasteiger partial charge in [-0.1, -0.05) is 6.08 Å². The third-order valence-electron chi connectivity index (χ3n) is 2.42. The number of allylic oxidation sites excluding steroid dienone is 1. The second kappa shape index (κ2) is 7.08. The number of nitrogens with one attached hydrogen (secondary N) is 1. The van der Waals surface area contributed by atoms with Gasteiger partial charge in [0.15, 0.2) is 0 Å². The molecule has 1 rings (SSSR count). The molecule has 0 bridgehead atoms. The van der Waals surface area contributed by atoms with Gasteiger partial charge in [-0.15, -0.1) is 0 Å². The summed E-state index contributed by atoms with van der Waals surface area (Å²) in [5.74, 6) is -1.60. The smallest absolute Gasteiger partial charge is 0.339 e. The van der Waals surface area contributed by atoms with E-state index < -0.39 is 17.8 Å². The minimum atomic E-state index is -0.614.